The molecule has 0 amide bonds. The number of hydrogen-bond donors (Lipinski definition) is 2. The van der Waals surface area contributed by atoms with E-state index in [1.54, 1.807) is 33.0 Å². The fraction of sp³-hybridized carbons (Fsp3) is 0.188. The summed E-state index contributed by atoms with van der Waals surface area (Å²) in [5.74, 6) is 0.644. The highest BCUT2D eigenvalue weighted by Gasteiger charge is 2.24. The van der Waals surface area contributed by atoms with Gasteiger partial charge in [-0.2, -0.15) is 0 Å². The van der Waals surface area contributed by atoms with Gasteiger partial charge in [-0.05, 0) is 55.8 Å². The van der Waals surface area contributed by atoms with E-state index in [-0.39, 0.29) is 16.1 Å². The van der Waals surface area contributed by atoms with Crippen molar-refractivity contribution < 1.29 is 8.42 Å². The Morgan fingerprint density at radius 2 is 1.52 bits per heavy atom. The molecule has 0 saturated heterocycles. The second-order valence-corrected chi connectivity index (χ2v) is 12.8. The van der Waals surface area contributed by atoms with Gasteiger partial charge in [-0.1, -0.05) is 90.5 Å². The first kappa shape index (κ1) is 27.8. The molecule has 2 heterocycles. The van der Waals surface area contributed by atoms with Crippen LogP contribution in [0, 0.1) is 0 Å². The molecule has 0 radical (unpaired) electrons. The molecule has 204 valence electrons. The van der Waals surface area contributed by atoms with Gasteiger partial charge in [-0.3, -0.25) is 4.98 Å². The van der Waals surface area contributed by atoms with E-state index in [1.165, 1.54) is 6.20 Å². The van der Waals surface area contributed by atoms with Gasteiger partial charge < -0.3 is 5.32 Å². The Morgan fingerprint density at radius 1 is 0.850 bits per heavy atom. The predicted molar refractivity (Wildman–Crippen MR) is 164 cm³/mol. The van der Waals surface area contributed by atoms with E-state index in [0.717, 1.165) is 27.5 Å². The molecule has 2 N–H and O–H groups in total. The molecule has 1 unspecified atom stereocenters. The van der Waals surface area contributed by atoms with Crippen LogP contribution < -0.4 is 10.0 Å². The summed E-state index contributed by atoms with van der Waals surface area (Å²) < 4.78 is 28.9. The highest BCUT2D eigenvalue weighted by Crippen LogP contribution is 2.42. The molecule has 0 fully saturated rings. The van der Waals surface area contributed by atoms with Crippen molar-refractivity contribution in [3.05, 3.63) is 108 Å². The molecule has 5 rings (SSSR count). The number of nitrogens with zero attached hydrogens (tertiary/aromatic N) is 2. The zero-order valence-corrected chi connectivity index (χ0v) is 24.4. The summed E-state index contributed by atoms with van der Waals surface area (Å²) in [7, 11) is -3.81. The van der Waals surface area contributed by atoms with Gasteiger partial charge >= 0.3 is 0 Å². The summed E-state index contributed by atoms with van der Waals surface area (Å²) >= 11 is 6.90. The van der Waals surface area contributed by atoms with Crippen LogP contribution in [0.15, 0.2) is 102 Å². The number of benzene rings is 3. The first-order valence-electron chi connectivity index (χ1n) is 13.0. The van der Waals surface area contributed by atoms with Crippen LogP contribution in [0.4, 0.5) is 5.82 Å². The number of anilines is 1. The molecule has 5 aromatic rings. The zero-order valence-electron chi connectivity index (χ0n) is 22.8. The third kappa shape index (κ3) is 5.87. The van der Waals surface area contributed by atoms with Crippen molar-refractivity contribution in [3.63, 3.8) is 0 Å². The van der Waals surface area contributed by atoms with Crippen LogP contribution >= 0.6 is 11.6 Å². The Morgan fingerprint density at radius 3 is 2.20 bits per heavy atom. The molecule has 40 heavy (non-hydrogen) atoms. The Balaban J connectivity index is 1.73. The van der Waals surface area contributed by atoms with Crippen molar-refractivity contribution in [1.29, 1.82) is 0 Å². The van der Waals surface area contributed by atoms with Crippen LogP contribution in [0.1, 0.15) is 39.3 Å². The summed E-state index contributed by atoms with van der Waals surface area (Å²) in [5.41, 5.74) is 3.66. The summed E-state index contributed by atoms with van der Waals surface area (Å²) in [6.45, 7) is 7.46. The van der Waals surface area contributed by atoms with Gasteiger partial charge in [0.25, 0.3) is 0 Å². The second kappa shape index (κ2) is 11.0. The molecule has 6 nitrogen and oxygen atoms in total. The Kier molecular flexibility index (Phi) is 7.64. The van der Waals surface area contributed by atoms with E-state index < -0.39 is 15.6 Å². The first-order chi connectivity index (χ1) is 19.0. The molecular weight excluding hydrogens is 540 g/mol. The molecular formula is C32H31ClN4O2S. The van der Waals surface area contributed by atoms with Gasteiger partial charge in [0.05, 0.1) is 0 Å². The molecule has 8 heteroatoms. The van der Waals surface area contributed by atoms with E-state index in [4.69, 9.17) is 16.6 Å². The molecule has 0 saturated carbocycles. The lowest BCUT2D eigenvalue weighted by atomic mass is 9.94. The molecule has 2 aromatic heterocycles. The Hall–Kier alpha value is -3.78. The minimum Gasteiger partial charge on any atom is -0.363 e. The quantitative estimate of drug-likeness (QED) is 0.194. The Bertz CT molecular complexity index is 1770. The standard InChI is InChI=1S/C32H31ClN4O2S/c1-21(22-12-7-5-8-13-22)35-31-29-26(23-14-9-6-10-15-23)16-11-17-27(29)28(30(33)36-31)24-18-25(20-34-19-24)40(38,39)37-32(2,3)4/h5-21,37H,1-4H3,(H,35,36). The van der Waals surface area contributed by atoms with Gasteiger partial charge in [-0.25, -0.2) is 18.1 Å². The number of hydrogen-bond acceptors (Lipinski definition) is 5. The number of sulfonamides is 1. The SMILES string of the molecule is CC(Nc1nc(Cl)c(-c2cncc(S(=O)(=O)NC(C)(C)C)c2)c2cccc(-c3ccccc3)c12)c1ccccc1. The largest absolute Gasteiger partial charge is 0.363 e. The van der Waals surface area contributed by atoms with Gasteiger partial charge in [-0.15, -0.1) is 0 Å². The maximum atomic E-state index is 13.1. The van der Waals surface area contributed by atoms with E-state index in [9.17, 15) is 8.42 Å². The predicted octanol–water partition coefficient (Wildman–Crippen LogP) is 7.87. The average Bonchev–Trinajstić information content (AvgIpc) is 2.92. The number of nitrogens with one attached hydrogen (secondary N) is 2. The van der Waals surface area contributed by atoms with Crippen LogP contribution in [-0.4, -0.2) is 23.9 Å². The van der Waals surface area contributed by atoms with E-state index >= 15 is 0 Å². The lowest BCUT2D eigenvalue weighted by Crippen LogP contribution is -2.40. The number of fused-ring (bicyclic) bond motifs is 1. The molecule has 0 aliphatic carbocycles. The first-order valence-corrected chi connectivity index (χ1v) is 14.9. The van der Waals surface area contributed by atoms with Gasteiger partial charge in [0, 0.05) is 40.5 Å². The minimum absolute atomic E-state index is 0.0405. The lowest BCUT2D eigenvalue weighted by Gasteiger charge is -2.21. The molecule has 0 aliphatic heterocycles. The van der Waals surface area contributed by atoms with Crippen molar-refractivity contribution in [3.8, 4) is 22.3 Å². The number of pyridine rings is 2. The smallest absolute Gasteiger partial charge is 0.242 e. The molecule has 0 bridgehead atoms. The van der Waals surface area contributed by atoms with Crippen LogP contribution in [0.2, 0.25) is 5.15 Å². The van der Waals surface area contributed by atoms with Crippen LogP contribution in [0.5, 0.6) is 0 Å². The number of aromatic nitrogens is 2. The minimum atomic E-state index is -3.81. The Labute approximate surface area is 240 Å². The fourth-order valence-corrected chi connectivity index (χ4v) is 6.47. The maximum Gasteiger partial charge on any atom is 0.242 e. The van der Waals surface area contributed by atoms with E-state index in [2.05, 4.69) is 52.3 Å². The fourth-order valence-electron chi connectivity index (χ4n) is 4.77. The van der Waals surface area contributed by atoms with E-state index in [1.807, 2.05) is 48.5 Å². The summed E-state index contributed by atoms with van der Waals surface area (Å²) in [5, 5.41) is 5.55. The van der Waals surface area contributed by atoms with Crippen molar-refractivity contribution in [2.45, 2.75) is 44.2 Å². The summed E-state index contributed by atoms with van der Waals surface area (Å²) in [6.07, 6.45) is 2.96. The van der Waals surface area contributed by atoms with Crippen molar-refractivity contribution >= 4 is 38.2 Å². The van der Waals surface area contributed by atoms with Crippen LogP contribution in [-0.2, 0) is 10.0 Å². The van der Waals surface area contributed by atoms with Crippen molar-refractivity contribution in [2.75, 3.05) is 5.32 Å². The van der Waals surface area contributed by atoms with Gasteiger partial charge in [0.15, 0.2) is 0 Å². The normalized spacial score (nSPS) is 12.8. The highest BCUT2D eigenvalue weighted by molar-refractivity contribution is 7.89. The van der Waals surface area contributed by atoms with Crippen LogP contribution in [0.3, 0.4) is 0 Å². The molecule has 3 aromatic carbocycles. The maximum absolute atomic E-state index is 13.1. The average molecular weight is 571 g/mol. The number of halogens is 1. The third-order valence-corrected chi connectivity index (χ3v) is 8.48. The summed E-state index contributed by atoms with van der Waals surface area (Å²) in [4.78, 5) is 9.18. The molecule has 0 spiro atoms. The van der Waals surface area contributed by atoms with Gasteiger partial charge in [0.2, 0.25) is 10.0 Å². The zero-order chi connectivity index (χ0) is 28.5. The summed E-state index contributed by atoms with van der Waals surface area (Å²) in [6, 6.07) is 27.8. The van der Waals surface area contributed by atoms with Crippen molar-refractivity contribution in [1.82, 2.24) is 14.7 Å². The van der Waals surface area contributed by atoms with Crippen molar-refractivity contribution in [2.24, 2.45) is 0 Å². The monoisotopic (exact) mass is 570 g/mol. The third-order valence-electron chi connectivity index (χ3n) is 6.48. The van der Waals surface area contributed by atoms with Gasteiger partial charge in [0.1, 0.15) is 15.9 Å². The molecule has 0 aliphatic rings. The highest BCUT2D eigenvalue weighted by atomic mass is 35.5. The molecule has 1 atom stereocenters. The topological polar surface area (TPSA) is 84.0 Å². The second-order valence-electron chi connectivity index (χ2n) is 10.8. The van der Waals surface area contributed by atoms with Crippen LogP contribution in [0.25, 0.3) is 33.0 Å². The van der Waals surface area contributed by atoms with E-state index in [0.29, 0.717) is 16.9 Å². The lowest BCUT2D eigenvalue weighted by molar-refractivity contribution is 0.491. The number of rotatable bonds is 7.